The molecule has 0 saturated carbocycles. The molecule has 5 heteroatoms. The van der Waals surface area contributed by atoms with Crippen LogP contribution in [0.25, 0.3) is 0 Å². The van der Waals surface area contributed by atoms with E-state index in [0.717, 1.165) is 32.2 Å². The standard InChI is InChI=1S/C15H24N2O3/c1-11(13-7-5-8-16(13)2)14(18)17-9-4-6-12(10-17)15(19)20-3/h12-13H,1,4-10H2,2-3H3/t12?,13-/m0/s1. The summed E-state index contributed by atoms with van der Waals surface area (Å²) in [7, 11) is 3.43. The summed E-state index contributed by atoms with van der Waals surface area (Å²) in [4.78, 5) is 28.1. The summed E-state index contributed by atoms with van der Waals surface area (Å²) in [5.74, 6) is -0.407. The van der Waals surface area contributed by atoms with Crippen LogP contribution in [-0.2, 0) is 14.3 Å². The van der Waals surface area contributed by atoms with Crippen LogP contribution in [0.1, 0.15) is 25.7 Å². The zero-order valence-corrected chi connectivity index (χ0v) is 12.4. The van der Waals surface area contributed by atoms with Crippen LogP contribution in [0.15, 0.2) is 12.2 Å². The summed E-state index contributed by atoms with van der Waals surface area (Å²) >= 11 is 0. The lowest BCUT2D eigenvalue weighted by Gasteiger charge is -2.33. The minimum atomic E-state index is -0.217. The summed E-state index contributed by atoms with van der Waals surface area (Å²) < 4.78 is 4.79. The molecule has 2 atom stereocenters. The lowest BCUT2D eigenvalue weighted by molar-refractivity contribution is -0.148. The number of hydrogen-bond acceptors (Lipinski definition) is 4. The van der Waals surface area contributed by atoms with Crippen molar-refractivity contribution in [2.24, 2.45) is 5.92 Å². The first-order chi connectivity index (χ1) is 9.54. The number of likely N-dealkylation sites (N-methyl/N-ethyl adjacent to an activating group) is 1. The predicted octanol–water partition coefficient (Wildman–Crippen LogP) is 1.05. The molecule has 2 rings (SSSR count). The first kappa shape index (κ1) is 15.0. The van der Waals surface area contributed by atoms with Gasteiger partial charge in [0.05, 0.1) is 13.0 Å². The van der Waals surface area contributed by atoms with Crippen molar-refractivity contribution in [1.82, 2.24) is 9.80 Å². The molecule has 1 amide bonds. The number of carbonyl (C=O) groups excluding carboxylic acids is 2. The highest BCUT2D eigenvalue weighted by molar-refractivity contribution is 5.94. The summed E-state index contributed by atoms with van der Waals surface area (Å²) in [6, 6.07) is 0.154. The van der Waals surface area contributed by atoms with Crippen molar-refractivity contribution in [3.63, 3.8) is 0 Å². The normalized spacial score (nSPS) is 27.4. The van der Waals surface area contributed by atoms with E-state index >= 15 is 0 Å². The molecular formula is C15H24N2O3. The molecule has 2 saturated heterocycles. The van der Waals surface area contributed by atoms with E-state index in [0.29, 0.717) is 18.7 Å². The van der Waals surface area contributed by atoms with Crippen molar-refractivity contribution < 1.29 is 14.3 Å². The molecule has 2 fully saturated rings. The molecule has 0 radical (unpaired) electrons. The molecule has 0 N–H and O–H groups in total. The molecule has 2 aliphatic heterocycles. The number of esters is 1. The van der Waals surface area contributed by atoms with Crippen molar-refractivity contribution >= 4 is 11.9 Å². The minimum absolute atomic E-state index is 0.00245. The van der Waals surface area contributed by atoms with Gasteiger partial charge in [-0.15, -0.1) is 0 Å². The Morgan fingerprint density at radius 2 is 1.90 bits per heavy atom. The Bertz CT molecular complexity index is 408. The number of nitrogens with zero attached hydrogens (tertiary/aromatic N) is 2. The number of likely N-dealkylation sites (tertiary alicyclic amines) is 2. The Morgan fingerprint density at radius 3 is 2.50 bits per heavy atom. The highest BCUT2D eigenvalue weighted by atomic mass is 16.5. The molecule has 112 valence electrons. The molecule has 5 nitrogen and oxygen atoms in total. The number of methoxy groups -OCH3 is 1. The zero-order valence-electron chi connectivity index (χ0n) is 12.4. The lowest BCUT2D eigenvalue weighted by Crippen LogP contribution is -2.45. The van der Waals surface area contributed by atoms with Gasteiger partial charge in [0.15, 0.2) is 0 Å². The van der Waals surface area contributed by atoms with E-state index in [1.165, 1.54) is 7.11 Å². The summed E-state index contributed by atoms with van der Waals surface area (Å²) in [5, 5.41) is 0. The van der Waals surface area contributed by atoms with Gasteiger partial charge in [-0.05, 0) is 39.3 Å². The second-order valence-corrected chi connectivity index (χ2v) is 5.78. The third kappa shape index (κ3) is 3.03. The summed E-state index contributed by atoms with van der Waals surface area (Å²) in [5.41, 5.74) is 0.663. The number of hydrogen-bond donors (Lipinski definition) is 0. The largest absolute Gasteiger partial charge is 0.469 e. The SMILES string of the molecule is C=C(C(=O)N1CCCC(C(=O)OC)C1)[C@@H]1CCCN1C. The van der Waals surface area contributed by atoms with Crippen LogP contribution in [0.3, 0.4) is 0 Å². The van der Waals surface area contributed by atoms with Gasteiger partial charge in [0.25, 0.3) is 5.91 Å². The van der Waals surface area contributed by atoms with Crippen molar-refractivity contribution in [3.8, 4) is 0 Å². The molecule has 0 spiro atoms. The first-order valence-corrected chi connectivity index (χ1v) is 7.30. The monoisotopic (exact) mass is 280 g/mol. The molecule has 0 aromatic carbocycles. The molecule has 0 aliphatic carbocycles. The van der Waals surface area contributed by atoms with Gasteiger partial charge in [0, 0.05) is 24.7 Å². The quantitative estimate of drug-likeness (QED) is 0.573. The van der Waals surface area contributed by atoms with Crippen molar-refractivity contribution in [2.75, 3.05) is 33.8 Å². The Morgan fingerprint density at radius 1 is 1.20 bits per heavy atom. The number of rotatable bonds is 3. The summed E-state index contributed by atoms with van der Waals surface area (Å²) in [6.45, 7) is 6.19. The predicted molar refractivity (Wildman–Crippen MR) is 76.1 cm³/mol. The molecule has 0 aromatic heterocycles. The van der Waals surface area contributed by atoms with E-state index in [9.17, 15) is 9.59 Å². The van der Waals surface area contributed by atoms with Gasteiger partial charge < -0.3 is 9.64 Å². The maximum atomic E-state index is 12.5. The third-order valence-electron chi connectivity index (χ3n) is 4.44. The minimum Gasteiger partial charge on any atom is -0.469 e. The molecule has 0 bridgehead atoms. The number of amides is 1. The van der Waals surface area contributed by atoms with Gasteiger partial charge in [0.2, 0.25) is 0 Å². The van der Waals surface area contributed by atoms with Crippen LogP contribution in [0.4, 0.5) is 0 Å². The van der Waals surface area contributed by atoms with Crippen LogP contribution in [-0.4, -0.2) is 61.5 Å². The number of piperidine rings is 1. The number of ether oxygens (including phenoxy) is 1. The van der Waals surface area contributed by atoms with E-state index in [1.807, 2.05) is 7.05 Å². The molecule has 2 aliphatic rings. The highest BCUT2D eigenvalue weighted by Crippen LogP contribution is 2.25. The molecular weight excluding hydrogens is 256 g/mol. The zero-order chi connectivity index (χ0) is 14.7. The number of carbonyl (C=O) groups is 2. The average Bonchev–Trinajstić information content (AvgIpc) is 2.91. The Hall–Kier alpha value is -1.36. The van der Waals surface area contributed by atoms with E-state index in [4.69, 9.17) is 4.74 Å². The van der Waals surface area contributed by atoms with Crippen molar-refractivity contribution in [2.45, 2.75) is 31.7 Å². The second-order valence-electron chi connectivity index (χ2n) is 5.78. The van der Waals surface area contributed by atoms with Gasteiger partial charge in [0.1, 0.15) is 0 Å². The van der Waals surface area contributed by atoms with Crippen LogP contribution >= 0.6 is 0 Å². The average molecular weight is 280 g/mol. The molecule has 0 aromatic rings. The van der Waals surface area contributed by atoms with Gasteiger partial charge in [-0.1, -0.05) is 6.58 Å². The third-order valence-corrected chi connectivity index (χ3v) is 4.44. The van der Waals surface area contributed by atoms with Gasteiger partial charge >= 0.3 is 5.97 Å². The Kier molecular flexibility index (Phi) is 4.81. The van der Waals surface area contributed by atoms with E-state index in [2.05, 4.69) is 11.5 Å². The Balaban J connectivity index is 1.98. The van der Waals surface area contributed by atoms with Gasteiger partial charge in [-0.25, -0.2) is 0 Å². The van der Waals surface area contributed by atoms with Crippen molar-refractivity contribution in [1.29, 1.82) is 0 Å². The van der Waals surface area contributed by atoms with Crippen LogP contribution in [0.5, 0.6) is 0 Å². The van der Waals surface area contributed by atoms with Crippen LogP contribution < -0.4 is 0 Å². The van der Waals surface area contributed by atoms with E-state index < -0.39 is 0 Å². The fraction of sp³-hybridized carbons (Fsp3) is 0.733. The first-order valence-electron chi connectivity index (χ1n) is 7.30. The molecule has 20 heavy (non-hydrogen) atoms. The van der Waals surface area contributed by atoms with Crippen LogP contribution in [0, 0.1) is 5.92 Å². The maximum absolute atomic E-state index is 12.5. The lowest BCUT2D eigenvalue weighted by atomic mass is 9.96. The highest BCUT2D eigenvalue weighted by Gasteiger charge is 2.33. The van der Waals surface area contributed by atoms with Crippen molar-refractivity contribution in [3.05, 3.63) is 12.2 Å². The fourth-order valence-corrected chi connectivity index (χ4v) is 3.22. The Labute approximate surface area is 120 Å². The smallest absolute Gasteiger partial charge is 0.310 e. The molecule has 2 heterocycles. The topological polar surface area (TPSA) is 49.9 Å². The van der Waals surface area contributed by atoms with E-state index in [1.54, 1.807) is 4.90 Å². The second kappa shape index (κ2) is 6.39. The van der Waals surface area contributed by atoms with Gasteiger partial charge in [-0.3, -0.25) is 14.5 Å². The van der Waals surface area contributed by atoms with E-state index in [-0.39, 0.29) is 23.8 Å². The molecule has 1 unspecified atom stereocenters. The van der Waals surface area contributed by atoms with Gasteiger partial charge in [-0.2, -0.15) is 0 Å². The van der Waals surface area contributed by atoms with Crippen LogP contribution in [0.2, 0.25) is 0 Å². The fourth-order valence-electron chi connectivity index (χ4n) is 3.22. The summed E-state index contributed by atoms with van der Waals surface area (Å²) in [6.07, 6.45) is 3.75. The maximum Gasteiger partial charge on any atom is 0.310 e.